The molecule has 0 saturated carbocycles. The largest absolute Gasteiger partial charge is 0.493 e. The number of hydrogen-bond donors (Lipinski definition) is 2. The van der Waals surface area contributed by atoms with Gasteiger partial charge in [-0.05, 0) is 58.8 Å². The highest BCUT2D eigenvalue weighted by Crippen LogP contribution is 2.25. The molecule has 4 rings (SSSR count). The zero-order valence-corrected chi connectivity index (χ0v) is 18.0. The number of benzene rings is 1. The molecule has 9 heteroatoms. The summed E-state index contributed by atoms with van der Waals surface area (Å²) < 4.78 is 1.64. The van der Waals surface area contributed by atoms with Gasteiger partial charge in [0.05, 0.1) is 11.4 Å². The fourth-order valence-electron chi connectivity index (χ4n) is 3.24. The van der Waals surface area contributed by atoms with Crippen molar-refractivity contribution in [2.24, 2.45) is 0 Å². The van der Waals surface area contributed by atoms with E-state index in [0.29, 0.717) is 17.1 Å². The minimum atomic E-state index is -0.268. The van der Waals surface area contributed by atoms with Gasteiger partial charge in [-0.25, -0.2) is 4.98 Å². The molecule has 9 nitrogen and oxygen atoms in total. The lowest BCUT2D eigenvalue weighted by atomic mass is 10.0. The molecule has 0 unspecified atom stereocenters. The smallest absolute Gasteiger partial charge is 0.251 e. The highest BCUT2D eigenvalue weighted by atomic mass is 16.3. The Labute approximate surface area is 185 Å². The van der Waals surface area contributed by atoms with E-state index in [1.165, 1.54) is 12.3 Å². The number of aryl methyl sites for hydroxylation is 1. The summed E-state index contributed by atoms with van der Waals surface area (Å²) >= 11 is 0. The molecule has 162 valence electrons. The van der Waals surface area contributed by atoms with E-state index < -0.39 is 0 Å². The lowest BCUT2D eigenvalue weighted by Crippen LogP contribution is -2.23. The Balaban J connectivity index is 1.72. The average molecular weight is 429 g/mol. The molecule has 0 atom stereocenters. The molecule has 32 heavy (non-hydrogen) atoms. The third-order valence-corrected chi connectivity index (χ3v) is 4.90. The number of aromatic nitrogens is 6. The van der Waals surface area contributed by atoms with Crippen LogP contribution in [-0.2, 0) is 6.54 Å². The van der Waals surface area contributed by atoms with Gasteiger partial charge in [-0.1, -0.05) is 19.9 Å². The normalized spacial score (nSPS) is 11.0. The van der Waals surface area contributed by atoms with E-state index in [2.05, 4.69) is 30.8 Å². The van der Waals surface area contributed by atoms with Gasteiger partial charge in [0, 0.05) is 42.0 Å². The molecule has 0 spiro atoms. The predicted octanol–water partition coefficient (Wildman–Crippen LogP) is 3.19. The maximum atomic E-state index is 13.0. The molecule has 0 aliphatic carbocycles. The van der Waals surface area contributed by atoms with Gasteiger partial charge in [0.1, 0.15) is 0 Å². The first-order valence-corrected chi connectivity index (χ1v) is 10.2. The Bertz CT molecular complexity index is 1250. The van der Waals surface area contributed by atoms with Crippen molar-refractivity contribution < 1.29 is 9.90 Å². The van der Waals surface area contributed by atoms with Gasteiger partial charge < -0.3 is 10.4 Å². The molecule has 0 saturated heterocycles. The second-order valence-electron chi connectivity index (χ2n) is 7.80. The van der Waals surface area contributed by atoms with E-state index in [1.807, 2.05) is 39.0 Å². The fraction of sp³-hybridized carbons (Fsp3) is 0.217. The number of pyridine rings is 2. The number of tetrazole rings is 1. The third kappa shape index (κ3) is 4.61. The molecule has 0 radical (unpaired) electrons. The Kier molecular flexibility index (Phi) is 5.89. The second kappa shape index (κ2) is 8.93. The van der Waals surface area contributed by atoms with Crippen molar-refractivity contribution in [3.63, 3.8) is 0 Å². The van der Waals surface area contributed by atoms with Crippen LogP contribution in [0.3, 0.4) is 0 Å². The van der Waals surface area contributed by atoms with Crippen LogP contribution in [0.4, 0.5) is 0 Å². The molecule has 3 heterocycles. The number of carbonyl (C=O) groups excluding carboxylic acids is 1. The Morgan fingerprint density at radius 3 is 2.69 bits per heavy atom. The summed E-state index contributed by atoms with van der Waals surface area (Å²) in [4.78, 5) is 21.3. The van der Waals surface area contributed by atoms with Crippen molar-refractivity contribution in [3.05, 3.63) is 77.4 Å². The van der Waals surface area contributed by atoms with Crippen LogP contribution in [0, 0.1) is 6.92 Å². The van der Waals surface area contributed by atoms with E-state index >= 15 is 0 Å². The SMILES string of the molecule is Cc1ccc(-c2cc(C(=O)NCc3ccnc(O)c3)cc(-n3nnnc3C(C)C)c2)nc1. The first-order chi connectivity index (χ1) is 15.4. The van der Waals surface area contributed by atoms with Crippen LogP contribution in [0.15, 0.2) is 54.9 Å². The van der Waals surface area contributed by atoms with Crippen molar-refractivity contribution in [1.82, 2.24) is 35.5 Å². The quantitative estimate of drug-likeness (QED) is 0.483. The number of amides is 1. The third-order valence-electron chi connectivity index (χ3n) is 4.90. The molecule has 0 fully saturated rings. The standard InChI is InChI=1S/C23H23N7O2/c1-14(2)22-27-28-29-30(22)19-10-17(20-5-4-15(3)12-25-20)9-18(11-19)23(32)26-13-16-6-7-24-21(31)8-16/h4-12,14H,13H2,1-3H3,(H,24,31)(H,26,32). The maximum absolute atomic E-state index is 13.0. The van der Waals surface area contributed by atoms with Crippen LogP contribution in [0.2, 0.25) is 0 Å². The molecule has 0 bridgehead atoms. The molecule has 3 aromatic heterocycles. The van der Waals surface area contributed by atoms with Gasteiger partial charge in [-0.15, -0.1) is 5.10 Å². The van der Waals surface area contributed by atoms with Crippen molar-refractivity contribution in [3.8, 4) is 22.8 Å². The number of nitrogens with one attached hydrogen (secondary N) is 1. The molecule has 2 N–H and O–H groups in total. The van der Waals surface area contributed by atoms with Crippen molar-refractivity contribution >= 4 is 5.91 Å². The zero-order valence-electron chi connectivity index (χ0n) is 18.0. The van der Waals surface area contributed by atoms with E-state index in [1.54, 1.807) is 29.1 Å². The molecule has 0 aliphatic heterocycles. The summed E-state index contributed by atoms with van der Waals surface area (Å²) in [5, 5.41) is 24.5. The number of rotatable bonds is 6. The molecule has 0 aliphatic rings. The first-order valence-electron chi connectivity index (χ1n) is 10.2. The van der Waals surface area contributed by atoms with E-state index in [-0.39, 0.29) is 24.2 Å². The number of aromatic hydroxyl groups is 1. The van der Waals surface area contributed by atoms with Gasteiger partial charge in [0.2, 0.25) is 5.88 Å². The van der Waals surface area contributed by atoms with E-state index in [0.717, 1.165) is 22.4 Å². The van der Waals surface area contributed by atoms with Gasteiger partial charge in [-0.3, -0.25) is 9.78 Å². The van der Waals surface area contributed by atoms with Gasteiger partial charge in [0.25, 0.3) is 5.91 Å². The molecular weight excluding hydrogens is 406 g/mol. The number of hydrogen-bond acceptors (Lipinski definition) is 7. The van der Waals surface area contributed by atoms with Gasteiger partial charge in [-0.2, -0.15) is 4.68 Å². The van der Waals surface area contributed by atoms with E-state index in [9.17, 15) is 9.90 Å². The Hall–Kier alpha value is -4.14. The second-order valence-corrected chi connectivity index (χ2v) is 7.80. The average Bonchev–Trinajstić information content (AvgIpc) is 3.28. The molecular formula is C23H23N7O2. The summed E-state index contributed by atoms with van der Waals surface area (Å²) in [6.07, 6.45) is 3.28. The van der Waals surface area contributed by atoms with Gasteiger partial charge >= 0.3 is 0 Å². The zero-order chi connectivity index (χ0) is 22.7. The molecule has 4 aromatic rings. The summed E-state index contributed by atoms with van der Waals surface area (Å²) in [7, 11) is 0. The van der Waals surface area contributed by atoms with Crippen molar-refractivity contribution in [2.75, 3.05) is 0 Å². The fourth-order valence-corrected chi connectivity index (χ4v) is 3.24. The summed E-state index contributed by atoms with van der Waals surface area (Å²) in [5.74, 6) is 0.433. The predicted molar refractivity (Wildman–Crippen MR) is 118 cm³/mol. The lowest BCUT2D eigenvalue weighted by molar-refractivity contribution is 0.0951. The summed E-state index contributed by atoms with van der Waals surface area (Å²) in [6, 6.07) is 12.6. The highest BCUT2D eigenvalue weighted by molar-refractivity contribution is 5.96. The highest BCUT2D eigenvalue weighted by Gasteiger charge is 2.16. The van der Waals surface area contributed by atoms with Crippen molar-refractivity contribution in [1.29, 1.82) is 0 Å². The topological polar surface area (TPSA) is 119 Å². The Morgan fingerprint density at radius 1 is 1.12 bits per heavy atom. The van der Waals surface area contributed by atoms with Crippen LogP contribution in [-0.4, -0.2) is 41.2 Å². The van der Waals surface area contributed by atoms with E-state index in [4.69, 9.17) is 0 Å². The van der Waals surface area contributed by atoms with Crippen LogP contribution >= 0.6 is 0 Å². The summed E-state index contributed by atoms with van der Waals surface area (Å²) in [5.41, 5.74) is 4.42. The monoisotopic (exact) mass is 429 g/mol. The molecule has 1 aromatic carbocycles. The van der Waals surface area contributed by atoms with Crippen LogP contribution < -0.4 is 5.32 Å². The minimum absolute atomic E-state index is 0.0913. The summed E-state index contributed by atoms with van der Waals surface area (Å²) in [6.45, 7) is 6.23. The Morgan fingerprint density at radius 2 is 1.97 bits per heavy atom. The number of carbonyl (C=O) groups is 1. The minimum Gasteiger partial charge on any atom is -0.493 e. The maximum Gasteiger partial charge on any atom is 0.251 e. The first kappa shape index (κ1) is 21.1. The van der Waals surface area contributed by atoms with Crippen LogP contribution in [0.1, 0.15) is 47.1 Å². The van der Waals surface area contributed by atoms with Crippen LogP contribution in [0.25, 0.3) is 16.9 Å². The molecule has 1 amide bonds. The van der Waals surface area contributed by atoms with Crippen molar-refractivity contribution in [2.45, 2.75) is 33.2 Å². The lowest BCUT2D eigenvalue weighted by Gasteiger charge is -2.12. The number of nitrogens with zero attached hydrogens (tertiary/aromatic N) is 6. The van der Waals surface area contributed by atoms with Gasteiger partial charge in [0.15, 0.2) is 5.82 Å². The van der Waals surface area contributed by atoms with Crippen LogP contribution in [0.5, 0.6) is 5.88 Å².